The van der Waals surface area contributed by atoms with Gasteiger partial charge in [0, 0.05) is 17.3 Å². The van der Waals surface area contributed by atoms with Crippen molar-refractivity contribution >= 4 is 11.6 Å². The Labute approximate surface area is 210 Å². The third-order valence-corrected chi connectivity index (χ3v) is 6.04. The van der Waals surface area contributed by atoms with Crippen LogP contribution in [-0.4, -0.2) is 25.7 Å². The SMILES string of the molecule is CC#C[C@@H](CC(=O)O)c1ccc(OCc2cc(-c3ccc(C(C)(C)C#N)cc3)cn3ncnc23)cc1. The van der Waals surface area contributed by atoms with Crippen molar-refractivity contribution in [3.05, 3.63) is 83.8 Å². The zero-order valence-electron chi connectivity index (χ0n) is 20.4. The van der Waals surface area contributed by atoms with Crippen molar-refractivity contribution in [1.29, 1.82) is 5.26 Å². The highest BCUT2D eigenvalue weighted by Crippen LogP contribution is 2.28. The number of benzene rings is 2. The maximum atomic E-state index is 11.2. The van der Waals surface area contributed by atoms with Crippen LogP contribution in [-0.2, 0) is 16.8 Å². The number of carbonyl (C=O) groups is 1. The summed E-state index contributed by atoms with van der Waals surface area (Å²) in [6.45, 7) is 5.78. The molecule has 0 bridgehead atoms. The van der Waals surface area contributed by atoms with Crippen LogP contribution in [0.1, 0.15) is 49.8 Å². The molecule has 0 aliphatic carbocycles. The molecule has 0 unspecified atom stereocenters. The van der Waals surface area contributed by atoms with Gasteiger partial charge in [0.25, 0.3) is 0 Å². The molecule has 2 heterocycles. The van der Waals surface area contributed by atoms with Crippen LogP contribution in [0, 0.1) is 23.2 Å². The second-order valence-corrected chi connectivity index (χ2v) is 9.00. The molecule has 4 aromatic rings. The van der Waals surface area contributed by atoms with Crippen LogP contribution < -0.4 is 4.74 Å². The lowest BCUT2D eigenvalue weighted by Gasteiger charge is -2.16. The lowest BCUT2D eigenvalue weighted by Crippen LogP contribution is -2.13. The van der Waals surface area contributed by atoms with E-state index in [2.05, 4.69) is 28.0 Å². The number of ether oxygens (including phenoxy) is 1. The van der Waals surface area contributed by atoms with Crippen molar-refractivity contribution in [1.82, 2.24) is 14.6 Å². The van der Waals surface area contributed by atoms with E-state index in [-0.39, 0.29) is 18.9 Å². The normalized spacial score (nSPS) is 11.8. The monoisotopic (exact) mass is 478 g/mol. The maximum absolute atomic E-state index is 11.2. The van der Waals surface area contributed by atoms with Gasteiger partial charge in [-0.25, -0.2) is 9.50 Å². The summed E-state index contributed by atoms with van der Waals surface area (Å²) >= 11 is 0. The minimum Gasteiger partial charge on any atom is -0.489 e. The number of nitriles is 1. The van der Waals surface area contributed by atoms with Crippen molar-refractivity contribution in [3.8, 4) is 34.8 Å². The first-order valence-electron chi connectivity index (χ1n) is 11.5. The summed E-state index contributed by atoms with van der Waals surface area (Å²) in [5.74, 6) is 5.17. The number of nitrogens with zero attached hydrogens (tertiary/aromatic N) is 4. The Hall–Kier alpha value is -4.62. The molecule has 1 N–H and O–H groups in total. The summed E-state index contributed by atoms with van der Waals surface area (Å²) in [6.07, 6.45) is 3.38. The molecule has 1 atom stereocenters. The Kier molecular flexibility index (Phi) is 7.03. The molecule has 2 aromatic carbocycles. The molecule has 0 saturated heterocycles. The molecule has 2 aromatic heterocycles. The lowest BCUT2D eigenvalue weighted by molar-refractivity contribution is -0.137. The molecule has 0 saturated carbocycles. The highest BCUT2D eigenvalue weighted by Gasteiger charge is 2.19. The fourth-order valence-corrected chi connectivity index (χ4v) is 3.96. The van der Waals surface area contributed by atoms with E-state index in [1.165, 1.54) is 6.33 Å². The van der Waals surface area contributed by atoms with E-state index < -0.39 is 11.4 Å². The number of pyridine rings is 1. The number of rotatable bonds is 8. The molecule has 180 valence electrons. The molecular weight excluding hydrogens is 452 g/mol. The van der Waals surface area contributed by atoms with Gasteiger partial charge in [0.15, 0.2) is 5.65 Å². The molecule has 0 amide bonds. The summed E-state index contributed by atoms with van der Waals surface area (Å²) in [4.78, 5) is 15.5. The highest BCUT2D eigenvalue weighted by molar-refractivity contribution is 5.69. The van der Waals surface area contributed by atoms with Gasteiger partial charge in [0.2, 0.25) is 0 Å². The zero-order chi connectivity index (χ0) is 25.7. The van der Waals surface area contributed by atoms with E-state index in [0.717, 1.165) is 27.8 Å². The molecule has 0 aliphatic heterocycles. The average Bonchev–Trinajstić information content (AvgIpc) is 3.36. The predicted molar refractivity (Wildman–Crippen MR) is 136 cm³/mol. The van der Waals surface area contributed by atoms with E-state index >= 15 is 0 Å². The number of aromatic nitrogens is 3. The van der Waals surface area contributed by atoms with Gasteiger partial charge in [-0.2, -0.15) is 10.4 Å². The van der Waals surface area contributed by atoms with Crippen LogP contribution in [0.5, 0.6) is 5.75 Å². The fourth-order valence-electron chi connectivity index (χ4n) is 3.96. The topological polar surface area (TPSA) is 101 Å². The summed E-state index contributed by atoms with van der Waals surface area (Å²) < 4.78 is 7.77. The smallest absolute Gasteiger partial charge is 0.304 e. The number of hydrogen-bond donors (Lipinski definition) is 1. The molecule has 7 nitrogen and oxygen atoms in total. The number of carboxylic acids is 1. The van der Waals surface area contributed by atoms with Crippen molar-refractivity contribution in [2.45, 2.75) is 45.1 Å². The molecule has 0 spiro atoms. The molecule has 7 heteroatoms. The average molecular weight is 479 g/mol. The Morgan fingerprint density at radius 3 is 2.50 bits per heavy atom. The minimum atomic E-state index is -0.885. The van der Waals surface area contributed by atoms with E-state index in [1.54, 1.807) is 11.4 Å². The molecule has 4 rings (SSSR count). The van der Waals surface area contributed by atoms with Crippen molar-refractivity contribution < 1.29 is 14.6 Å². The van der Waals surface area contributed by atoms with Crippen molar-refractivity contribution in [3.63, 3.8) is 0 Å². The quantitative estimate of drug-likeness (QED) is 0.342. The van der Waals surface area contributed by atoms with E-state index in [9.17, 15) is 10.1 Å². The first-order chi connectivity index (χ1) is 17.3. The van der Waals surface area contributed by atoms with Crippen LogP contribution in [0.25, 0.3) is 16.8 Å². The van der Waals surface area contributed by atoms with Crippen LogP contribution in [0.3, 0.4) is 0 Å². The standard InChI is InChI=1S/C29H26N4O3/c1-4-5-22(15-27(34)35)20-8-12-26(13-9-20)36-17-24-14-23(16-33-28(24)31-19-32-33)21-6-10-25(11-7-21)29(2,3)18-30/h6-14,16,19,22H,15,17H2,1-3H3,(H,34,35)/t22-/m0/s1. The van der Waals surface area contributed by atoms with Gasteiger partial charge in [-0.3, -0.25) is 4.79 Å². The van der Waals surface area contributed by atoms with Crippen molar-refractivity contribution in [2.24, 2.45) is 0 Å². The van der Waals surface area contributed by atoms with Gasteiger partial charge in [-0.05, 0) is 55.7 Å². The summed E-state index contributed by atoms with van der Waals surface area (Å²) in [5.41, 5.74) is 4.77. The first-order valence-corrected chi connectivity index (χ1v) is 11.5. The first kappa shape index (κ1) is 24.5. The molecule has 36 heavy (non-hydrogen) atoms. The number of hydrogen-bond acceptors (Lipinski definition) is 5. The highest BCUT2D eigenvalue weighted by atomic mass is 16.5. The number of aliphatic carboxylic acids is 1. The Bertz CT molecular complexity index is 1480. The summed E-state index contributed by atoms with van der Waals surface area (Å²) in [7, 11) is 0. The zero-order valence-corrected chi connectivity index (χ0v) is 20.4. The largest absolute Gasteiger partial charge is 0.489 e. The van der Waals surface area contributed by atoms with Crippen LogP contribution in [0.15, 0.2) is 67.1 Å². The number of carboxylic acid groups (broad SMARTS) is 1. The number of fused-ring (bicyclic) bond motifs is 1. The summed E-state index contributed by atoms with van der Waals surface area (Å²) in [6, 6.07) is 19.7. The molecule has 0 fully saturated rings. The lowest BCUT2D eigenvalue weighted by atomic mass is 9.85. The Balaban J connectivity index is 1.56. The Morgan fingerprint density at radius 1 is 1.14 bits per heavy atom. The van der Waals surface area contributed by atoms with E-state index in [4.69, 9.17) is 9.84 Å². The second-order valence-electron chi connectivity index (χ2n) is 9.00. The van der Waals surface area contributed by atoms with Gasteiger partial charge in [0.1, 0.15) is 18.7 Å². The maximum Gasteiger partial charge on any atom is 0.304 e. The molecule has 0 aliphatic rings. The predicted octanol–water partition coefficient (Wildman–Crippen LogP) is 5.36. The van der Waals surface area contributed by atoms with Gasteiger partial charge in [-0.1, -0.05) is 42.3 Å². The van der Waals surface area contributed by atoms with Crippen LogP contribution in [0.4, 0.5) is 0 Å². The van der Waals surface area contributed by atoms with Gasteiger partial charge in [0.05, 0.1) is 23.8 Å². The third-order valence-electron chi connectivity index (χ3n) is 6.04. The van der Waals surface area contributed by atoms with Gasteiger partial charge >= 0.3 is 5.97 Å². The Morgan fingerprint density at radius 2 is 1.86 bits per heavy atom. The molecular formula is C29H26N4O3. The third kappa shape index (κ3) is 5.37. The van der Waals surface area contributed by atoms with Gasteiger partial charge < -0.3 is 9.84 Å². The van der Waals surface area contributed by atoms with Crippen molar-refractivity contribution in [2.75, 3.05) is 0 Å². The summed E-state index contributed by atoms with van der Waals surface area (Å²) in [5, 5.41) is 22.9. The van der Waals surface area contributed by atoms with Crippen LogP contribution >= 0.6 is 0 Å². The fraction of sp³-hybridized carbons (Fsp3) is 0.241. The van der Waals surface area contributed by atoms with E-state index in [0.29, 0.717) is 11.4 Å². The van der Waals surface area contributed by atoms with Crippen LogP contribution in [0.2, 0.25) is 0 Å². The minimum absolute atomic E-state index is 0.0479. The second kappa shape index (κ2) is 10.3. The van der Waals surface area contributed by atoms with E-state index in [1.807, 2.05) is 74.6 Å². The molecule has 0 radical (unpaired) electrons. The van der Waals surface area contributed by atoms with Gasteiger partial charge in [-0.15, -0.1) is 5.92 Å².